The monoisotopic (exact) mass is 518 g/mol. The van der Waals surface area contributed by atoms with Crippen molar-refractivity contribution in [2.45, 2.75) is 11.1 Å². The molecule has 0 unspecified atom stereocenters. The smallest absolute Gasteiger partial charge is 0.417 e. The third kappa shape index (κ3) is 6.53. The van der Waals surface area contributed by atoms with Gasteiger partial charge in [-0.15, -0.1) is 0 Å². The quantitative estimate of drug-likeness (QED) is 0.412. The number of alkyl halides is 3. The summed E-state index contributed by atoms with van der Waals surface area (Å²) in [6, 6.07) is 14.8. The maximum atomic E-state index is 12.9. The molecule has 3 aromatic rings. The predicted octanol–water partition coefficient (Wildman–Crippen LogP) is 5.83. The summed E-state index contributed by atoms with van der Waals surface area (Å²) in [5.74, 6) is -0.749. The van der Waals surface area contributed by atoms with Gasteiger partial charge in [0, 0.05) is 11.4 Å². The van der Waals surface area contributed by atoms with Crippen LogP contribution in [0.15, 0.2) is 71.6 Å². The molecule has 3 rings (SSSR count). The Morgan fingerprint density at radius 1 is 0.909 bits per heavy atom. The number of carbonyl (C=O) groups excluding carboxylic acids is 1. The van der Waals surface area contributed by atoms with Gasteiger partial charge in [-0.2, -0.15) is 13.2 Å². The van der Waals surface area contributed by atoms with Gasteiger partial charge in [0.15, 0.2) is 6.61 Å². The number of sulfonamides is 1. The first-order chi connectivity index (χ1) is 15.5. The van der Waals surface area contributed by atoms with E-state index in [4.69, 9.17) is 27.9 Å². The van der Waals surface area contributed by atoms with Crippen molar-refractivity contribution in [1.29, 1.82) is 0 Å². The second-order valence-corrected chi connectivity index (χ2v) is 9.09. The number of benzene rings is 3. The van der Waals surface area contributed by atoms with Gasteiger partial charge in [-0.1, -0.05) is 41.4 Å². The van der Waals surface area contributed by atoms with Crippen molar-refractivity contribution in [2.75, 3.05) is 16.6 Å². The molecule has 3 aromatic carbocycles. The Hall–Kier alpha value is -2.95. The lowest BCUT2D eigenvalue weighted by Crippen LogP contribution is -2.20. The summed E-state index contributed by atoms with van der Waals surface area (Å²) < 4.78 is 71.5. The van der Waals surface area contributed by atoms with E-state index in [1.807, 2.05) is 0 Å². The van der Waals surface area contributed by atoms with Crippen molar-refractivity contribution in [3.63, 3.8) is 0 Å². The SMILES string of the molecule is O=C(COc1ccc(S(=O)(=O)Nc2ccccc2)cc1Cl)Nc1ccc(Cl)c(C(F)(F)F)c1. The predicted molar refractivity (Wildman–Crippen MR) is 119 cm³/mol. The van der Waals surface area contributed by atoms with Crippen molar-refractivity contribution >= 4 is 50.5 Å². The van der Waals surface area contributed by atoms with Crippen molar-refractivity contribution in [3.8, 4) is 5.75 Å². The number of nitrogens with one attached hydrogen (secondary N) is 2. The number of carbonyl (C=O) groups is 1. The molecule has 0 saturated carbocycles. The van der Waals surface area contributed by atoms with Crippen LogP contribution in [0.2, 0.25) is 10.0 Å². The number of hydrogen-bond donors (Lipinski definition) is 2. The zero-order chi connectivity index (χ0) is 24.2. The second kappa shape index (κ2) is 9.90. The molecule has 0 heterocycles. The molecule has 1 amide bonds. The fourth-order valence-corrected chi connectivity index (χ4v) is 4.26. The van der Waals surface area contributed by atoms with Gasteiger partial charge < -0.3 is 10.1 Å². The van der Waals surface area contributed by atoms with E-state index < -0.39 is 39.3 Å². The van der Waals surface area contributed by atoms with Crippen LogP contribution in [-0.4, -0.2) is 20.9 Å². The van der Waals surface area contributed by atoms with Crippen molar-refractivity contribution < 1.29 is 31.1 Å². The molecule has 0 saturated heterocycles. The van der Waals surface area contributed by atoms with E-state index in [1.54, 1.807) is 30.3 Å². The first-order valence-electron chi connectivity index (χ1n) is 9.12. The highest BCUT2D eigenvalue weighted by Crippen LogP contribution is 2.36. The fourth-order valence-electron chi connectivity index (χ4n) is 2.65. The number of ether oxygens (including phenoxy) is 1. The molecule has 0 aliphatic rings. The summed E-state index contributed by atoms with van der Waals surface area (Å²) in [6.07, 6.45) is -4.68. The standard InChI is InChI=1S/C21H15Cl2F3N2O4S/c22-17-8-6-14(10-16(17)21(24,25)26)27-20(29)12-32-19-9-7-15(11-18(19)23)33(30,31)28-13-4-2-1-3-5-13/h1-11,28H,12H2,(H,27,29). The van der Waals surface area contributed by atoms with Gasteiger partial charge in [-0.25, -0.2) is 8.42 Å². The molecular weight excluding hydrogens is 504 g/mol. The summed E-state index contributed by atoms with van der Waals surface area (Å²) in [6.45, 7) is -0.585. The van der Waals surface area contributed by atoms with Gasteiger partial charge in [0.2, 0.25) is 0 Å². The summed E-state index contributed by atoms with van der Waals surface area (Å²) in [5, 5.41) is 1.68. The minimum Gasteiger partial charge on any atom is -0.482 e. The number of halogens is 5. The molecule has 2 N–H and O–H groups in total. The Morgan fingerprint density at radius 2 is 1.61 bits per heavy atom. The van der Waals surface area contributed by atoms with E-state index in [0.29, 0.717) is 11.8 Å². The average Bonchev–Trinajstić information content (AvgIpc) is 2.74. The highest BCUT2D eigenvalue weighted by molar-refractivity contribution is 7.92. The molecule has 0 aliphatic carbocycles. The molecule has 33 heavy (non-hydrogen) atoms. The number of hydrogen-bond acceptors (Lipinski definition) is 4. The van der Waals surface area contributed by atoms with Crippen molar-refractivity contribution in [2.24, 2.45) is 0 Å². The van der Waals surface area contributed by atoms with E-state index in [9.17, 15) is 26.4 Å². The molecule has 0 aliphatic heterocycles. The van der Waals surface area contributed by atoms with Gasteiger partial charge in [0.25, 0.3) is 15.9 Å². The molecule has 0 radical (unpaired) electrons. The molecule has 174 valence electrons. The minimum atomic E-state index is -4.68. The van der Waals surface area contributed by atoms with Crippen LogP contribution in [0, 0.1) is 0 Å². The van der Waals surface area contributed by atoms with Gasteiger partial charge in [-0.3, -0.25) is 9.52 Å². The Labute approximate surface area is 197 Å². The maximum Gasteiger partial charge on any atom is 0.417 e. The van der Waals surface area contributed by atoms with Crippen LogP contribution in [-0.2, 0) is 21.0 Å². The molecule has 6 nitrogen and oxygen atoms in total. The first-order valence-corrected chi connectivity index (χ1v) is 11.4. The third-order valence-corrected chi connectivity index (χ3v) is 6.16. The van der Waals surface area contributed by atoms with Crippen molar-refractivity contribution in [1.82, 2.24) is 0 Å². The number of anilines is 2. The zero-order valence-corrected chi connectivity index (χ0v) is 18.8. The average molecular weight is 519 g/mol. The first kappa shape index (κ1) is 24.7. The van der Waals surface area contributed by atoms with E-state index >= 15 is 0 Å². The fraction of sp³-hybridized carbons (Fsp3) is 0.0952. The van der Waals surface area contributed by atoms with Gasteiger partial charge in [0.1, 0.15) is 5.75 Å². The zero-order valence-electron chi connectivity index (χ0n) is 16.5. The van der Waals surface area contributed by atoms with Crippen LogP contribution in [0.25, 0.3) is 0 Å². The van der Waals surface area contributed by atoms with Crippen LogP contribution in [0.1, 0.15) is 5.56 Å². The molecular formula is C21H15Cl2F3N2O4S. The third-order valence-electron chi connectivity index (χ3n) is 4.15. The molecule has 0 fully saturated rings. The molecule has 12 heteroatoms. The molecule has 0 spiro atoms. The van der Waals surface area contributed by atoms with E-state index in [1.165, 1.54) is 18.2 Å². The summed E-state index contributed by atoms with van der Waals surface area (Å²) in [5.41, 5.74) is -0.854. The largest absolute Gasteiger partial charge is 0.482 e. The van der Waals surface area contributed by atoms with Crippen LogP contribution in [0.5, 0.6) is 5.75 Å². The van der Waals surface area contributed by atoms with Crippen molar-refractivity contribution in [3.05, 3.63) is 82.3 Å². The Balaban J connectivity index is 1.65. The summed E-state index contributed by atoms with van der Waals surface area (Å²) in [7, 11) is -3.92. The summed E-state index contributed by atoms with van der Waals surface area (Å²) in [4.78, 5) is 11.9. The highest BCUT2D eigenvalue weighted by atomic mass is 35.5. The second-order valence-electron chi connectivity index (χ2n) is 6.59. The van der Waals surface area contributed by atoms with Crippen LogP contribution in [0.3, 0.4) is 0 Å². The topological polar surface area (TPSA) is 84.5 Å². The molecule has 0 bridgehead atoms. The lowest BCUT2D eigenvalue weighted by atomic mass is 10.2. The molecule has 0 atom stereocenters. The van der Waals surface area contributed by atoms with E-state index in [0.717, 1.165) is 12.1 Å². The Morgan fingerprint density at radius 3 is 2.24 bits per heavy atom. The van der Waals surface area contributed by atoms with E-state index in [-0.39, 0.29) is 21.4 Å². The number of para-hydroxylation sites is 1. The highest BCUT2D eigenvalue weighted by Gasteiger charge is 2.33. The van der Waals surface area contributed by atoms with Gasteiger partial charge in [0.05, 0.1) is 20.5 Å². The van der Waals surface area contributed by atoms with E-state index in [2.05, 4.69) is 10.0 Å². The number of rotatable bonds is 7. The van der Waals surface area contributed by atoms with Gasteiger partial charge >= 0.3 is 6.18 Å². The van der Waals surface area contributed by atoms with Crippen LogP contribution >= 0.6 is 23.2 Å². The van der Waals surface area contributed by atoms with Crippen LogP contribution in [0.4, 0.5) is 24.5 Å². The maximum absolute atomic E-state index is 12.9. The Kier molecular flexibility index (Phi) is 7.41. The number of amides is 1. The minimum absolute atomic E-state index is 0.0116. The lowest BCUT2D eigenvalue weighted by molar-refractivity contribution is -0.137. The lowest BCUT2D eigenvalue weighted by Gasteiger charge is -2.13. The normalized spacial score (nSPS) is 11.7. The summed E-state index contributed by atoms with van der Waals surface area (Å²) >= 11 is 11.6. The van der Waals surface area contributed by atoms with Gasteiger partial charge in [-0.05, 0) is 48.5 Å². The Bertz CT molecular complexity index is 1270. The molecule has 0 aromatic heterocycles. The van der Waals surface area contributed by atoms with Crippen LogP contribution < -0.4 is 14.8 Å².